The Hall–Kier alpha value is -4.79. The molecule has 0 aliphatic carbocycles. The summed E-state index contributed by atoms with van der Waals surface area (Å²) in [6.45, 7) is 4.72. The molecule has 3 saturated heterocycles. The largest absolute Gasteiger partial charge is 0.368 e. The molecule has 5 aromatic rings. The Labute approximate surface area is 351 Å². The summed E-state index contributed by atoms with van der Waals surface area (Å²) in [6.07, 6.45) is -7.38. The molecule has 3 heterocycles. The van der Waals surface area contributed by atoms with Crippen LogP contribution in [-0.2, 0) is 73.9 Å². The number of rotatable bonds is 16. The third-order valence-electron chi connectivity index (χ3n) is 10.9. The zero-order chi connectivity index (χ0) is 41.1. The molecule has 11 atom stereocenters. The Morgan fingerprint density at radius 1 is 0.550 bits per heavy atom. The standard InChI is InChI=1S/C49H53NO10/c1-33-42(52-28-35-18-8-3-9-19-35)45(53-29-36-20-10-4-11-21-36)46(54-30-37-22-12-5-13-23-37)49(57-33)60-44-41(50-34(2)51)48(55-31-38-24-14-6-15-25-38)58-40-32-56-47(59-43(40)44)39-26-16-7-17-27-39/h3-27,33,40-49H,28-32H2,1-2H3,(H,50,51)/t33-,40-,41+,42-,43-,44+,45+,46+,47-,48+,49+/m1/s1. The highest BCUT2D eigenvalue weighted by atomic mass is 16.8. The van der Waals surface area contributed by atoms with Crippen LogP contribution < -0.4 is 5.32 Å². The second kappa shape index (κ2) is 20.7. The number of fused-ring (bicyclic) bond motifs is 1. The summed E-state index contributed by atoms with van der Waals surface area (Å²) in [5.41, 5.74) is 4.77. The summed E-state index contributed by atoms with van der Waals surface area (Å²) < 4.78 is 60.6. The van der Waals surface area contributed by atoms with Crippen molar-refractivity contribution in [2.24, 2.45) is 0 Å². The highest BCUT2D eigenvalue weighted by molar-refractivity contribution is 5.73. The molecule has 0 unspecified atom stereocenters. The first-order chi connectivity index (χ1) is 29.5. The first kappa shape index (κ1) is 41.9. The van der Waals surface area contributed by atoms with Gasteiger partial charge in [-0.3, -0.25) is 4.79 Å². The highest BCUT2D eigenvalue weighted by Gasteiger charge is 2.55. The van der Waals surface area contributed by atoms with E-state index in [2.05, 4.69) is 5.32 Å². The molecule has 60 heavy (non-hydrogen) atoms. The van der Waals surface area contributed by atoms with Crippen molar-refractivity contribution in [3.63, 3.8) is 0 Å². The summed E-state index contributed by atoms with van der Waals surface area (Å²) >= 11 is 0. The maximum atomic E-state index is 13.1. The maximum Gasteiger partial charge on any atom is 0.217 e. The minimum atomic E-state index is -1.02. The highest BCUT2D eigenvalue weighted by Crippen LogP contribution is 2.39. The lowest BCUT2D eigenvalue weighted by Crippen LogP contribution is -2.69. The molecule has 1 amide bonds. The van der Waals surface area contributed by atoms with E-state index in [1.54, 1.807) is 0 Å². The Bertz CT molecular complexity index is 2030. The SMILES string of the molecule is CC(=O)N[C@@H]1[C@@H](OCc2ccccc2)O[C@@H]2CO[C@@H](c3ccccc3)O[C@H]2[C@H]1O[C@@H]1O[C@H](C)[C@@H](OCc2ccccc2)[C@H](OCc2ccccc2)[C@@H]1OCc1ccccc1. The summed E-state index contributed by atoms with van der Waals surface area (Å²) in [5.74, 6) is -0.288. The van der Waals surface area contributed by atoms with Crippen molar-refractivity contribution in [2.75, 3.05) is 6.61 Å². The molecule has 0 saturated carbocycles. The number of ether oxygens (including phenoxy) is 9. The van der Waals surface area contributed by atoms with E-state index >= 15 is 0 Å². The minimum absolute atomic E-state index is 0.191. The fourth-order valence-electron chi connectivity index (χ4n) is 7.93. The van der Waals surface area contributed by atoms with Crippen LogP contribution in [0.3, 0.4) is 0 Å². The van der Waals surface area contributed by atoms with Crippen LogP contribution in [0, 0.1) is 0 Å². The monoisotopic (exact) mass is 815 g/mol. The Morgan fingerprint density at radius 2 is 1.02 bits per heavy atom. The number of hydrogen-bond donors (Lipinski definition) is 1. The number of benzene rings is 5. The van der Waals surface area contributed by atoms with Crippen molar-refractivity contribution < 1.29 is 47.4 Å². The van der Waals surface area contributed by atoms with E-state index in [9.17, 15) is 4.79 Å². The van der Waals surface area contributed by atoms with Crippen LogP contribution >= 0.6 is 0 Å². The minimum Gasteiger partial charge on any atom is -0.368 e. The molecule has 11 heteroatoms. The van der Waals surface area contributed by atoms with Crippen molar-refractivity contribution in [3.8, 4) is 0 Å². The predicted octanol–water partition coefficient (Wildman–Crippen LogP) is 7.43. The molecule has 0 spiro atoms. The molecule has 0 aromatic heterocycles. The van der Waals surface area contributed by atoms with Crippen molar-refractivity contribution in [1.82, 2.24) is 5.32 Å². The van der Waals surface area contributed by atoms with E-state index in [0.29, 0.717) is 13.2 Å². The van der Waals surface area contributed by atoms with E-state index < -0.39 is 67.6 Å². The molecule has 0 radical (unpaired) electrons. The Morgan fingerprint density at radius 3 is 1.53 bits per heavy atom. The molecular weight excluding hydrogens is 763 g/mol. The average molecular weight is 816 g/mol. The summed E-state index contributed by atoms with van der Waals surface area (Å²) in [6, 6.07) is 48.6. The first-order valence-electron chi connectivity index (χ1n) is 20.7. The number of amides is 1. The summed E-state index contributed by atoms with van der Waals surface area (Å²) in [7, 11) is 0. The van der Waals surface area contributed by atoms with Crippen LogP contribution in [-0.4, -0.2) is 73.9 Å². The normalized spacial score (nSPS) is 29.0. The lowest BCUT2D eigenvalue weighted by Gasteiger charge is -2.52. The van der Waals surface area contributed by atoms with Gasteiger partial charge < -0.3 is 47.9 Å². The fraction of sp³-hybridized carbons (Fsp3) is 0.367. The zero-order valence-corrected chi connectivity index (χ0v) is 33.9. The molecule has 11 nitrogen and oxygen atoms in total. The molecular formula is C49H53NO10. The van der Waals surface area contributed by atoms with Crippen LogP contribution in [0.5, 0.6) is 0 Å². The van der Waals surface area contributed by atoms with E-state index in [-0.39, 0.29) is 25.7 Å². The topological polar surface area (TPSA) is 112 Å². The molecule has 1 N–H and O–H groups in total. The van der Waals surface area contributed by atoms with Crippen LogP contribution in [0.4, 0.5) is 0 Å². The second-order valence-corrected chi connectivity index (χ2v) is 15.3. The number of carbonyl (C=O) groups excluding carboxylic acids is 1. The summed E-state index contributed by atoms with van der Waals surface area (Å²) in [4.78, 5) is 13.1. The predicted molar refractivity (Wildman–Crippen MR) is 222 cm³/mol. The molecule has 3 aliphatic rings. The van der Waals surface area contributed by atoms with E-state index in [1.165, 1.54) is 6.92 Å². The Balaban J connectivity index is 1.14. The van der Waals surface area contributed by atoms with E-state index in [4.69, 9.17) is 42.6 Å². The van der Waals surface area contributed by atoms with Crippen molar-refractivity contribution in [2.45, 2.75) is 108 Å². The lowest BCUT2D eigenvalue weighted by atomic mass is 9.94. The third-order valence-corrected chi connectivity index (χ3v) is 10.9. The van der Waals surface area contributed by atoms with Gasteiger partial charge in [0.05, 0.1) is 39.1 Å². The van der Waals surface area contributed by atoms with Gasteiger partial charge in [0, 0.05) is 12.5 Å². The lowest BCUT2D eigenvalue weighted by molar-refractivity contribution is -0.383. The third kappa shape index (κ3) is 10.7. The van der Waals surface area contributed by atoms with Crippen molar-refractivity contribution in [1.29, 1.82) is 0 Å². The number of carbonyl (C=O) groups is 1. The number of nitrogens with one attached hydrogen (secondary N) is 1. The number of hydrogen-bond acceptors (Lipinski definition) is 10. The fourth-order valence-corrected chi connectivity index (χ4v) is 7.93. The van der Waals surface area contributed by atoms with Gasteiger partial charge in [-0.05, 0) is 29.2 Å². The van der Waals surface area contributed by atoms with Crippen molar-refractivity contribution in [3.05, 3.63) is 179 Å². The van der Waals surface area contributed by atoms with Crippen LogP contribution in [0.2, 0.25) is 0 Å². The van der Waals surface area contributed by atoms with Gasteiger partial charge in [0.1, 0.15) is 42.7 Å². The second-order valence-electron chi connectivity index (χ2n) is 15.3. The summed E-state index contributed by atoms with van der Waals surface area (Å²) in [5, 5.41) is 3.10. The quantitative estimate of drug-likeness (QED) is 0.108. The molecule has 3 fully saturated rings. The van der Waals surface area contributed by atoms with Gasteiger partial charge in [-0.15, -0.1) is 0 Å². The molecule has 5 aromatic carbocycles. The van der Waals surface area contributed by atoms with Crippen molar-refractivity contribution >= 4 is 5.91 Å². The molecule has 314 valence electrons. The van der Waals surface area contributed by atoms with E-state index in [1.807, 2.05) is 159 Å². The smallest absolute Gasteiger partial charge is 0.217 e. The Kier molecular flexibility index (Phi) is 14.4. The van der Waals surface area contributed by atoms with Gasteiger partial charge in [0.15, 0.2) is 18.9 Å². The van der Waals surface area contributed by atoms with Crippen LogP contribution in [0.1, 0.15) is 48.0 Å². The average Bonchev–Trinajstić information content (AvgIpc) is 3.29. The first-order valence-corrected chi connectivity index (χ1v) is 20.7. The van der Waals surface area contributed by atoms with Gasteiger partial charge in [-0.25, -0.2) is 0 Å². The maximum absolute atomic E-state index is 13.1. The van der Waals surface area contributed by atoms with Gasteiger partial charge >= 0.3 is 0 Å². The molecule has 0 bridgehead atoms. The zero-order valence-electron chi connectivity index (χ0n) is 33.9. The van der Waals surface area contributed by atoms with Gasteiger partial charge in [0.25, 0.3) is 0 Å². The van der Waals surface area contributed by atoms with Crippen LogP contribution in [0.15, 0.2) is 152 Å². The van der Waals surface area contributed by atoms with Gasteiger partial charge in [-0.2, -0.15) is 0 Å². The van der Waals surface area contributed by atoms with Crippen LogP contribution in [0.25, 0.3) is 0 Å². The van der Waals surface area contributed by atoms with E-state index in [0.717, 1.165) is 27.8 Å². The molecule has 3 aliphatic heterocycles. The van der Waals surface area contributed by atoms with Gasteiger partial charge in [0.2, 0.25) is 5.91 Å². The molecule has 8 rings (SSSR count). The van der Waals surface area contributed by atoms with Gasteiger partial charge in [-0.1, -0.05) is 152 Å².